The molecule has 1 fully saturated rings. The zero-order chi connectivity index (χ0) is 14.7. The van der Waals surface area contributed by atoms with Crippen LogP contribution in [0.25, 0.3) is 0 Å². The molecule has 2 aliphatic heterocycles. The van der Waals surface area contributed by atoms with Crippen LogP contribution in [0.2, 0.25) is 0 Å². The third-order valence-corrected chi connectivity index (χ3v) is 3.63. The SMILES string of the molecule is CC(C)Nc1cc2c(cc1[N+](=O)[O-])OC(C)(C)C1OC21. The molecule has 3 rings (SSSR count). The molecule has 1 aromatic rings. The number of rotatable bonds is 3. The van der Waals surface area contributed by atoms with Crippen LogP contribution in [0, 0.1) is 10.1 Å². The first-order chi connectivity index (χ1) is 9.29. The van der Waals surface area contributed by atoms with Crippen LogP contribution in [0.4, 0.5) is 11.4 Å². The number of nitrogens with one attached hydrogen (secondary N) is 1. The third kappa shape index (κ3) is 2.00. The maximum Gasteiger partial charge on any atom is 0.296 e. The van der Waals surface area contributed by atoms with Crippen molar-refractivity contribution in [2.24, 2.45) is 0 Å². The van der Waals surface area contributed by atoms with Crippen LogP contribution in [0.15, 0.2) is 12.1 Å². The smallest absolute Gasteiger partial charge is 0.296 e. The van der Waals surface area contributed by atoms with Gasteiger partial charge in [0.05, 0.1) is 11.0 Å². The molecule has 20 heavy (non-hydrogen) atoms. The summed E-state index contributed by atoms with van der Waals surface area (Å²) in [6.07, 6.45) is 0.0191. The van der Waals surface area contributed by atoms with Gasteiger partial charge in [-0.05, 0) is 33.8 Å². The molecule has 108 valence electrons. The molecule has 0 bridgehead atoms. The third-order valence-electron chi connectivity index (χ3n) is 3.63. The highest BCUT2D eigenvalue weighted by atomic mass is 16.6. The summed E-state index contributed by atoms with van der Waals surface area (Å²) in [4.78, 5) is 10.8. The molecule has 0 radical (unpaired) electrons. The number of nitrogens with zero attached hydrogens (tertiary/aromatic N) is 1. The molecular weight excluding hydrogens is 260 g/mol. The molecule has 6 nitrogen and oxygen atoms in total. The largest absolute Gasteiger partial charge is 0.484 e. The van der Waals surface area contributed by atoms with Gasteiger partial charge < -0.3 is 14.8 Å². The highest BCUT2D eigenvalue weighted by Gasteiger charge is 2.57. The van der Waals surface area contributed by atoms with E-state index in [-0.39, 0.29) is 28.9 Å². The van der Waals surface area contributed by atoms with Crippen LogP contribution in [-0.4, -0.2) is 22.7 Å². The van der Waals surface area contributed by atoms with Gasteiger partial charge in [0.25, 0.3) is 5.69 Å². The summed E-state index contributed by atoms with van der Waals surface area (Å²) < 4.78 is 11.5. The molecule has 6 heteroatoms. The lowest BCUT2D eigenvalue weighted by Crippen LogP contribution is -2.37. The number of benzene rings is 1. The van der Waals surface area contributed by atoms with E-state index in [2.05, 4.69) is 5.32 Å². The van der Waals surface area contributed by atoms with Crippen molar-refractivity contribution in [3.8, 4) is 5.75 Å². The first kappa shape index (κ1) is 13.2. The van der Waals surface area contributed by atoms with E-state index >= 15 is 0 Å². The fourth-order valence-corrected chi connectivity index (χ4v) is 2.69. The number of nitro benzene ring substituents is 1. The Morgan fingerprint density at radius 1 is 1.40 bits per heavy atom. The Morgan fingerprint density at radius 3 is 2.70 bits per heavy atom. The molecular formula is C14H18N2O4. The topological polar surface area (TPSA) is 76.9 Å². The monoisotopic (exact) mass is 278 g/mol. The molecule has 0 saturated carbocycles. The molecule has 0 aromatic heterocycles. The predicted molar refractivity (Wildman–Crippen MR) is 74.2 cm³/mol. The molecule has 0 spiro atoms. The van der Waals surface area contributed by atoms with Gasteiger partial charge in [0.1, 0.15) is 29.2 Å². The van der Waals surface area contributed by atoms with Gasteiger partial charge in [-0.15, -0.1) is 0 Å². The molecule has 0 amide bonds. The Bertz CT molecular complexity index is 583. The lowest BCUT2D eigenvalue weighted by atomic mass is 9.93. The van der Waals surface area contributed by atoms with E-state index < -0.39 is 5.60 Å². The van der Waals surface area contributed by atoms with Crippen LogP contribution >= 0.6 is 0 Å². The first-order valence-corrected chi connectivity index (χ1v) is 6.73. The number of nitro groups is 1. The maximum absolute atomic E-state index is 11.2. The standard InChI is InChI=1S/C14H18N2O4/c1-7(2)15-9-5-8-11(6-10(9)16(17)18)20-14(3,4)13-12(8)19-13/h5-7,12-13,15H,1-4H3. The van der Waals surface area contributed by atoms with Crippen LogP contribution in [0.5, 0.6) is 5.75 Å². The van der Waals surface area contributed by atoms with Gasteiger partial charge in [0.15, 0.2) is 0 Å². The van der Waals surface area contributed by atoms with Gasteiger partial charge in [0.2, 0.25) is 0 Å². The summed E-state index contributed by atoms with van der Waals surface area (Å²) in [5, 5.41) is 14.3. The molecule has 1 saturated heterocycles. The second kappa shape index (κ2) is 4.09. The van der Waals surface area contributed by atoms with Gasteiger partial charge in [-0.25, -0.2) is 0 Å². The Balaban J connectivity index is 2.07. The molecule has 2 unspecified atom stereocenters. The second-order valence-corrected chi connectivity index (χ2v) is 6.15. The fourth-order valence-electron chi connectivity index (χ4n) is 2.69. The van der Waals surface area contributed by atoms with Crippen LogP contribution < -0.4 is 10.1 Å². The predicted octanol–water partition coefficient (Wildman–Crippen LogP) is 3.03. The number of epoxide rings is 1. The van der Waals surface area contributed by atoms with Crippen molar-refractivity contribution in [2.45, 2.75) is 51.5 Å². The zero-order valence-corrected chi connectivity index (χ0v) is 12.0. The average molecular weight is 278 g/mol. The maximum atomic E-state index is 11.2. The van der Waals surface area contributed by atoms with Gasteiger partial charge in [-0.3, -0.25) is 10.1 Å². The summed E-state index contributed by atoms with van der Waals surface area (Å²) in [5.74, 6) is 0.551. The zero-order valence-electron chi connectivity index (χ0n) is 12.0. The van der Waals surface area contributed by atoms with Crippen molar-refractivity contribution in [3.63, 3.8) is 0 Å². The van der Waals surface area contributed by atoms with Crippen molar-refractivity contribution in [2.75, 3.05) is 5.32 Å². The van der Waals surface area contributed by atoms with E-state index in [9.17, 15) is 10.1 Å². The van der Waals surface area contributed by atoms with Crippen molar-refractivity contribution < 1.29 is 14.4 Å². The van der Waals surface area contributed by atoms with Crippen molar-refractivity contribution in [1.82, 2.24) is 0 Å². The molecule has 1 aromatic carbocycles. The Hall–Kier alpha value is -1.82. The molecule has 2 heterocycles. The summed E-state index contributed by atoms with van der Waals surface area (Å²) >= 11 is 0. The van der Waals surface area contributed by atoms with E-state index in [1.165, 1.54) is 6.07 Å². The van der Waals surface area contributed by atoms with Crippen LogP contribution in [-0.2, 0) is 4.74 Å². The fraction of sp³-hybridized carbons (Fsp3) is 0.571. The lowest BCUT2D eigenvalue weighted by molar-refractivity contribution is -0.384. The van der Waals surface area contributed by atoms with Gasteiger partial charge in [-0.2, -0.15) is 0 Å². The van der Waals surface area contributed by atoms with Gasteiger partial charge in [0, 0.05) is 11.6 Å². The van der Waals surface area contributed by atoms with E-state index in [0.717, 1.165) is 5.56 Å². The number of fused-ring (bicyclic) bond motifs is 3. The van der Waals surface area contributed by atoms with Gasteiger partial charge >= 0.3 is 0 Å². The minimum atomic E-state index is -0.446. The summed E-state index contributed by atoms with van der Waals surface area (Å²) in [6.45, 7) is 7.76. The molecule has 2 atom stereocenters. The van der Waals surface area contributed by atoms with Crippen molar-refractivity contribution >= 4 is 11.4 Å². The van der Waals surface area contributed by atoms with E-state index in [4.69, 9.17) is 9.47 Å². The summed E-state index contributed by atoms with van der Waals surface area (Å²) in [5.41, 5.74) is 0.996. The van der Waals surface area contributed by atoms with Crippen LogP contribution in [0.3, 0.4) is 0 Å². The Morgan fingerprint density at radius 2 is 2.10 bits per heavy atom. The quantitative estimate of drug-likeness (QED) is 0.522. The highest BCUT2D eigenvalue weighted by Crippen LogP contribution is 2.55. The van der Waals surface area contributed by atoms with Crippen LogP contribution in [0.1, 0.15) is 39.4 Å². The first-order valence-electron chi connectivity index (χ1n) is 6.73. The lowest BCUT2D eigenvalue weighted by Gasteiger charge is -2.29. The number of hydrogen-bond acceptors (Lipinski definition) is 5. The summed E-state index contributed by atoms with van der Waals surface area (Å²) in [6, 6.07) is 3.40. The molecule has 2 aliphatic rings. The number of hydrogen-bond donors (Lipinski definition) is 1. The van der Waals surface area contributed by atoms with E-state index in [1.807, 2.05) is 27.7 Å². The Kier molecular flexibility index (Phi) is 2.69. The van der Waals surface area contributed by atoms with Gasteiger partial charge in [-0.1, -0.05) is 0 Å². The van der Waals surface area contributed by atoms with E-state index in [0.29, 0.717) is 11.4 Å². The minimum Gasteiger partial charge on any atom is -0.484 e. The molecule has 0 aliphatic carbocycles. The number of ether oxygens (including phenoxy) is 2. The second-order valence-electron chi connectivity index (χ2n) is 6.15. The molecule has 1 N–H and O–H groups in total. The average Bonchev–Trinajstić information content (AvgIpc) is 3.09. The highest BCUT2D eigenvalue weighted by molar-refractivity contribution is 5.68. The Labute approximate surface area is 117 Å². The summed E-state index contributed by atoms with van der Waals surface area (Å²) in [7, 11) is 0. The van der Waals surface area contributed by atoms with Crippen molar-refractivity contribution in [3.05, 3.63) is 27.8 Å². The number of anilines is 1. The van der Waals surface area contributed by atoms with E-state index in [1.54, 1.807) is 6.07 Å². The normalized spacial score (nSPS) is 25.4. The minimum absolute atomic E-state index is 0.0118. The van der Waals surface area contributed by atoms with Crippen molar-refractivity contribution in [1.29, 1.82) is 0 Å².